The Balaban J connectivity index is 0.000000640. The second-order valence-electron chi connectivity index (χ2n) is 2.54. The first-order chi connectivity index (χ1) is 3.71. The minimum atomic E-state index is 0. The molecule has 1 nitrogen and oxygen atoms in total. The van der Waals surface area contributed by atoms with E-state index < -0.39 is 0 Å². The molecule has 1 atom stereocenters. The van der Waals surface area contributed by atoms with Gasteiger partial charge in [-0.05, 0) is 0 Å². The third-order valence-electron chi connectivity index (χ3n) is 1.47. The van der Waals surface area contributed by atoms with E-state index in [1.54, 1.807) is 0 Å². The van der Waals surface area contributed by atoms with Gasteiger partial charge in [0.25, 0.3) is 0 Å². The summed E-state index contributed by atoms with van der Waals surface area (Å²) >= 11 is 1.25. The fraction of sp³-hybridized carbons (Fsp3) is 1.00. The molecule has 0 aliphatic carbocycles. The minimum Gasteiger partial charge on any atom is 0 e. The maximum absolute atomic E-state index is 5.59. The normalized spacial score (nSPS) is 35.4. The Labute approximate surface area is 106 Å². The number of hydrogen-bond donors (Lipinski definition) is 0. The smallest absolute Gasteiger partial charge is 0 e. The molecule has 1 heterocycles. The summed E-state index contributed by atoms with van der Waals surface area (Å²) in [6, 6.07) is 0. The molecule has 0 aromatic heterocycles. The Hall–Kier alpha value is 2.44. The van der Waals surface area contributed by atoms with Crippen LogP contribution in [0.5, 0.6) is 0 Å². The van der Waals surface area contributed by atoms with Crippen LogP contribution in [0.1, 0.15) is 19.3 Å². The Kier molecular flexibility index (Phi) is 6.54. The van der Waals surface area contributed by atoms with Gasteiger partial charge in [-0.25, -0.2) is 0 Å². The summed E-state index contributed by atoms with van der Waals surface area (Å²) in [7, 11) is 1.25. The molecule has 0 amide bonds. The van der Waals surface area contributed by atoms with E-state index in [1.165, 1.54) is 69.2 Å². The fourth-order valence-corrected chi connectivity index (χ4v) is 2.37. The Morgan fingerprint density at radius 3 is 2.33 bits per heavy atom. The van der Waals surface area contributed by atoms with Gasteiger partial charge >= 0.3 is 81.2 Å². The molecule has 0 aromatic rings. The first-order valence-electron chi connectivity index (χ1n) is 3.10. The number of ether oxygens (including phenoxy) is 1. The van der Waals surface area contributed by atoms with E-state index in [4.69, 9.17) is 4.74 Å². The van der Waals surface area contributed by atoms with Gasteiger partial charge in [-0.2, -0.15) is 0 Å². The van der Waals surface area contributed by atoms with Crippen molar-refractivity contribution in [2.45, 2.75) is 20.0 Å². The van der Waals surface area contributed by atoms with Gasteiger partial charge in [0.1, 0.15) is 0 Å². The van der Waals surface area contributed by atoms with E-state index in [9.17, 15) is 0 Å². The molecule has 0 N–H and O–H groups in total. The van der Waals surface area contributed by atoms with Crippen LogP contribution in [0.4, 0.5) is 0 Å². The van der Waals surface area contributed by atoms with Gasteiger partial charge < -0.3 is 0 Å². The average Bonchev–Trinajstić information content (AvgIpc) is 1.65. The van der Waals surface area contributed by atoms with Crippen LogP contribution >= 0.6 is 0 Å². The van der Waals surface area contributed by atoms with Gasteiger partial charge in [-0.1, -0.05) is 0 Å². The monoisotopic (exact) mass is 345 g/mol. The van der Waals surface area contributed by atoms with Crippen molar-refractivity contribution in [3.8, 4) is 0 Å². The van der Waals surface area contributed by atoms with Gasteiger partial charge in [0.05, 0.1) is 0 Å². The van der Waals surface area contributed by atoms with Crippen LogP contribution < -0.4 is 0 Å². The fourth-order valence-electron chi connectivity index (χ4n) is 0.934. The molecule has 49 valence electrons. The van der Waals surface area contributed by atoms with E-state index in [2.05, 4.69) is 0 Å². The quantitative estimate of drug-likeness (QED) is 0.550. The summed E-state index contributed by atoms with van der Waals surface area (Å²) in [5, 5.41) is 0. The molecule has 0 spiro atoms. The summed E-state index contributed by atoms with van der Waals surface area (Å²) in [4.78, 5) is 0. The molecule has 4 heteroatoms. The zero-order chi connectivity index (χ0) is 6.04. The summed E-state index contributed by atoms with van der Waals surface area (Å²) in [5.74, 6) is 0. The zero-order valence-electron chi connectivity index (χ0n) is 5.74. The third kappa shape index (κ3) is 4.80. The van der Waals surface area contributed by atoms with Crippen molar-refractivity contribution < 1.29 is 70.6 Å². The van der Waals surface area contributed by atoms with Crippen molar-refractivity contribution in [1.82, 2.24) is 0 Å². The van der Waals surface area contributed by atoms with Crippen molar-refractivity contribution in [2.24, 2.45) is 0 Å². The van der Waals surface area contributed by atoms with E-state index in [-0.39, 0.29) is 26.2 Å². The predicted octanol–water partition coefficient (Wildman–Crippen LogP) is -0.247. The van der Waals surface area contributed by atoms with Crippen LogP contribution in [0.25, 0.3) is 0 Å². The van der Waals surface area contributed by atoms with Gasteiger partial charge in [-0.3, -0.25) is 0 Å². The Morgan fingerprint density at radius 1 is 1.44 bits per heavy atom. The second-order valence-corrected chi connectivity index (χ2v) is 10.6. The van der Waals surface area contributed by atoms with Crippen molar-refractivity contribution in [3.63, 3.8) is 0 Å². The van der Waals surface area contributed by atoms with Crippen LogP contribution in [0, 0.1) is 39.6 Å². The van der Waals surface area contributed by atoms with E-state index >= 15 is 0 Å². The maximum Gasteiger partial charge on any atom is 0 e. The Morgan fingerprint density at radius 2 is 2.11 bits per heavy atom. The molecule has 0 radical (unpaired) electrons. The van der Waals surface area contributed by atoms with E-state index in [0.29, 0.717) is 0.742 Å². The molecule has 0 aromatic carbocycles. The Bertz CT molecular complexity index is 81.0. The van der Waals surface area contributed by atoms with Crippen LogP contribution in [0.2, 0.25) is 0 Å². The summed E-state index contributed by atoms with van der Waals surface area (Å²) in [6.07, 6.45) is 4.06. The maximum atomic E-state index is 5.59. The molecule has 1 saturated heterocycles. The van der Waals surface area contributed by atoms with Crippen molar-refractivity contribution in [3.05, 3.63) is 0 Å². The largest absolute Gasteiger partial charge is 0 e. The molecule has 0 bridgehead atoms. The topological polar surface area (TPSA) is 9.23 Å². The average molecular weight is 347 g/mol. The van der Waals surface area contributed by atoms with Crippen molar-refractivity contribution in [2.75, 3.05) is 6.61 Å². The number of hydrogen-bond acceptors (Lipinski definition) is 1. The van der Waals surface area contributed by atoms with Gasteiger partial charge in [0.15, 0.2) is 0 Å². The third-order valence-corrected chi connectivity index (χ3v) is 3.50. The first-order valence-corrected chi connectivity index (χ1v) is 5.67. The second kappa shape index (κ2) is 5.15. The van der Waals surface area contributed by atoms with Gasteiger partial charge in [-0.15, -0.1) is 0 Å². The molecule has 1 unspecified atom stereocenters. The molecular formula is C5H11CeOSiZr. The molecule has 1 aliphatic rings. The molecule has 1 aliphatic heterocycles. The SMILES string of the molecule is [SiH3][C]1([Ce])CCCCO1.[Zr]. The molecule has 9 heavy (non-hydrogen) atoms. The van der Waals surface area contributed by atoms with Crippen LogP contribution in [-0.4, -0.2) is 17.6 Å². The predicted molar refractivity (Wildman–Crippen MR) is 32.5 cm³/mol. The van der Waals surface area contributed by atoms with Crippen molar-refractivity contribution in [1.29, 1.82) is 0 Å². The molecule has 1 rings (SSSR count). The van der Waals surface area contributed by atoms with Gasteiger partial charge in [0, 0.05) is 26.2 Å². The first kappa shape index (κ1) is 11.4. The standard InChI is InChI=1S/C5H11OSi.Ce.Zr/c7-5-3-1-2-4-6-5;;/h1-4H2,7H3;;. The molecule has 0 saturated carbocycles. The zero-order valence-corrected chi connectivity index (χ0v) is 13.3. The van der Waals surface area contributed by atoms with Crippen molar-refractivity contribution >= 4 is 10.2 Å². The van der Waals surface area contributed by atoms with Gasteiger partial charge in [0.2, 0.25) is 0 Å². The summed E-state index contributed by atoms with van der Waals surface area (Å²) in [6.45, 7) is 1.03. The van der Waals surface area contributed by atoms with E-state index in [1.807, 2.05) is 0 Å². The number of rotatable bonds is 0. The van der Waals surface area contributed by atoms with Crippen LogP contribution in [-0.2, 0) is 30.9 Å². The van der Waals surface area contributed by atoms with Crippen LogP contribution in [0.3, 0.4) is 0 Å². The minimum absolute atomic E-state index is 0. The molecular weight excluding hydrogens is 335 g/mol. The van der Waals surface area contributed by atoms with Crippen LogP contribution in [0.15, 0.2) is 0 Å². The van der Waals surface area contributed by atoms with E-state index in [0.717, 1.165) is 6.61 Å². The summed E-state index contributed by atoms with van der Waals surface area (Å²) < 4.78 is 6.05. The summed E-state index contributed by atoms with van der Waals surface area (Å²) in [5.41, 5.74) is 0. The molecule has 1 fully saturated rings.